The molecule has 0 spiro atoms. The van der Waals surface area contributed by atoms with Crippen molar-refractivity contribution in [3.8, 4) is 0 Å². The number of aryl methyl sites for hydroxylation is 1. The molecule has 1 aliphatic rings. The minimum Gasteiger partial charge on any atom is -0.380 e. The monoisotopic (exact) mass is 301 g/mol. The first-order valence-corrected chi connectivity index (χ1v) is 7.55. The van der Waals surface area contributed by atoms with E-state index in [1.165, 1.54) is 7.05 Å². The number of fused-ring (bicyclic) bond motifs is 1. The SMILES string of the molecule is CCc1ncc(CNc2ccc3c(c2)C(=O)N(C)C3=O)s1. The average Bonchev–Trinajstić information content (AvgIpc) is 3.05. The molecule has 0 bridgehead atoms. The van der Waals surface area contributed by atoms with Gasteiger partial charge in [0, 0.05) is 23.8 Å². The lowest BCUT2D eigenvalue weighted by Crippen LogP contribution is -2.24. The second-order valence-corrected chi connectivity index (χ2v) is 6.06. The summed E-state index contributed by atoms with van der Waals surface area (Å²) in [6.45, 7) is 2.74. The van der Waals surface area contributed by atoms with Crippen LogP contribution in [0.1, 0.15) is 37.5 Å². The summed E-state index contributed by atoms with van der Waals surface area (Å²) >= 11 is 1.68. The molecule has 0 fully saturated rings. The van der Waals surface area contributed by atoms with E-state index >= 15 is 0 Å². The van der Waals surface area contributed by atoms with Gasteiger partial charge in [-0.1, -0.05) is 6.92 Å². The Bertz CT molecular complexity index is 723. The average molecular weight is 301 g/mol. The van der Waals surface area contributed by atoms with Crippen LogP contribution in [0.4, 0.5) is 5.69 Å². The molecule has 21 heavy (non-hydrogen) atoms. The molecule has 1 aromatic carbocycles. The Labute approximate surface area is 126 Å². The molecule has 0 saturated carbocycles. The van der Waals surface area contributed by atoms with Crippen molar-refractivity contribution in [3.05, 3.63) is 45.4 Å². The summed E-state index contributed by atoms with van der Waals surface area (Å²) in [7, 11) is 1.50. The number of aromatic nitrogens is 1. The zero-order valence-electron chi connectivity index (χ0n) is 11.8. The smallest absolute Gasteiger partial charge is 0.261 e. The van der Waals surface area contributed by atoms with Crippen molar-refractivity contribution in [2.75, 3.05) is 12.4 Å². The Morgan fingerprint density at radius 3 is 2.71 bits per heavy atom. The van der Waals surface area contributed by atoms with E-state index in [9.17, 15) is 9.59 Å². The number of imide groups is 1. The number of anilines is 1. The van der Waals surface area contributed by atoms with Gasteiger partial charge in [-0.15, -0.1) is 11.3 Å². The number of carbonyl (C=O) groups excluding carboxylic acids is 2. The summed E-state index contributed by atoms with van der Waals surface area (Å²) in [5.74, 6) is -0.485. The van der Waals surface area contributed by atoms with Crippen LogP contribution < -0.4 is 5.32 Å². The highest BCUT2D eigenvalue weighted by Crippen LogP contribution is 2.25. The summed E-state index contributed by atoms with van der Waals surface area (Å²) in [6, 6.07) is 5.26. The third-order valence-corrected chi connectivity index (χ3v) is 4.60. The number of rotatable bonds is 4. The maximum absolute atomic E-state index is 11.9. The summed E-state index contributed by atoms with van der Waals surface area (Å²) < 4.78 is 0. The summed E-state index contributed by atoms with van der Waals surface area (Å²) in [4.78, 5) is 30.4. The molecule has 2 aromatic rings. The molecule has 0 atom stereocenters. The highest BCUT2D eigenvalue weighted by molar-refractivity contribution is 7.11. The molecule has 3 rings (SSSR count). The van der Waals surface area contributed by atoms with E-state index in [2.05, 4.69) is 17.2 Å². The van der Waals surface area contributed by atoms with Crippen LogP contribution in [0.15, 0.2) is 24.4 Å². The van der Waals surface area contributed by atoms with Crippen molar-refractivity contribution < 1.29 is 9.59 Å². The fraction of sp³-hybridized carbons (Fsp3) is 0.267. The lowest BCUT2D eigenvalue weighted by atomic mass is 10.1. The van der Waals surface area contributed by atoms with E-state index in [4.69, 9.17) is 0 Å². The largest absolute Gasteiger partial charge is 0.380 e. The number of hydrogen-bond acceptors (Lipinski definition) is 5. The fourth-order valence-corrected chi connectivity index (χ4v) is 3.06. The van der Waals surface area contributed by atoms with Crippen molar-refractivity contribution >= 4 is 28.8 Å². The molecule has 2 amide bonds. The molecule has 0 radical (unpaired) electrons. The van der Waals surface area contributed by atoms with Gasteiger partial charge in [-0.2, -0.15) is 0 Å². The number of carbonyl (C=O) groups is 2. The van der Waals surface area contributed by atoms with Gasteiger partial charge in [0.05, 0.1) is 22.7 Å². The van der Waals surface area contributed by atoms with Gasteiger partial charge >= 0.3 is 0 Å². The van der Waals surface area contributed by atoms with Gasteiger partial charge < -0.3 is 5.32 Å². The molecule has 0 saturated heterocycles. The van der Waals surface area contributed by atoms with Crippen LogP contribution in [0, 0.1) is 0 Å². The van der Waals surface area contributed by atoms with E-state index in [0.717, 1.165) is 26.9 Å². The minimum absolute atomic E-state index is 0.239. The molecule has 1 aliphatic heterocycles. The number of nitrogens with one attached hydrogen (secondary N) is 1. The van der Waals surface area contributed by atoms with Crippen molar-refractivity contribution in [3.63, 3.8) is 0 Å². The lowest BCUT2D eigenvalue weighted by Gasteiger charge is -2.05. The molecule has 2 heterocycles. The van der Waals surface area contributed by atoms with Gasteiger partial charge in [-0.05, 0) is 24.6 Å². The number of benzene rings is 1. The minimum atomic E-state index is -0.246. The fourth-order valence-electron chi connectivity index (χ4n) is 2.25. The maximum Gasteiger partial charge on any atom is 0.261 e. The number of hydrogen-bond donors (Lipinski definition) is 1. The highest BCUT2D eigenvalue weighted by Gasteiger charge is 2.32. The lowest BCUT2D eigenvalue weighted by molar-refractivity contribution is 0.0693. The normalized spacial score (nSPS) is 13.7. The first kappa shape index (κ1) is 13.8. The Balaban J connectivity index is 1.76. The van der Waals surface area contributed by atoms with Crippen molar-refractivity contribution in [1.82, 2.24) is 9.88 Å². The van der Waals surface area contributed by atoms with Crippen molar-refractivity contribution in [1.29, 1.82) is 0 Å². The Kier molecular flexibility index (Phi) is 3.47. The molecule has 5 nitrogen and oxygen atoms in total. The topological polar surface area (TPSA) is 62.3 Å². The van der Waals surface area contributed by atoms with E-state index in [1.807, 2.05) is 12.3 Å². The van der Waals surface area contributed by atoms with Gasteiger partial charge in [-0.25, -0.2) is 4.98 Å². The van der Waals surface area contributed by atoms with Crippen LogP contribution in [-0.4, -0.2) is 28.7 Å². The predicted molar refractivity (Wildman–Crippen MR) is 81.7 cm³/mol. The molecule has 0 unspecified atom stereocenters. The molecule has 108 valence electrons. The van der Waals surface area contributed by atoms with E-state index in [1.54, 1.807) is 23.5 Å². The third-order valence-electron chi connectivity index (χ3n) is 3.46. The molecule has 1 aromatic heterocycles. The number of nitrogens with zero attached hydrogens (tertiary/aromatic N) is 2. The van der Waals surface area contributed by atoms with E-state index in [0.29, 0.717) is 17.7 Å². The molecule has 1 N–H and O–H groups in total. The van der Waals surface area contributed by atoms with Crippen LogP contribution in [-0.2, 0) is 13.0 Å². The highest BCUT2D eigenvalue weighted by atomic mass is 32.1. The van der Waals surface area contributed by atoms with Crippen LogP contribution in [0.5, 0.6) is 0 Å². The Morgan fingerprint density at radius 2 is 2.00 bits per heavy atom. The van der Waals surface area contributed by atoms with Gasteiger partial charge in [-0.3, -0.25) is 14.5 Å². The summed E-state index contributed by atoms with van der Waals surface area (Å²) in [6.07, 6.45) is 2.80. The number of amides is 2. The van der Waals surface area contributed by atoms with Gasteiger partial charge in [0.25, 0.3) is 11.8 Å². The van der Waals surface area contributed by atoms with Gasteiger partial charge in [0.15, 0.2) is 0 Å². The molecular weight excluding hydrogens is 286 g/mol. The van der Waals surface area contributed by atoms with Crippen molar-refractivity contribution in [2.24, 2.45) is 0 Å². The molecular formula is C15H15N3O2S. The van der Waals surface area contributed by atoms with Gasteiger partial charge in [0.2, 0.25) is 0 Å². The van der Waals surface area contributed by atoms with E-state index in [-0.39, 0.29) is 11.8 Å². The van der Waals surface area contributed by atoms with Crippen LogP contribution in [0.2, 0.25) is 0 Å². The van der Waals surface area contributed by atoms with Gasteiger partial charge in [0.1, 0.15) is 0 Å². The van der Waals surface area contributed by atoms with Crippen LogP contribution in [0.3, 0.4) is 0 Å². The predicted octanol–water partition coefficient (Wildman–Crippen LogP) is 2.54. The molecule has 0 aliphatic carbocycles. The Morgan fingerprint density at radius 1 is 1.24 bits per heavy atom. The second kappa shape index (κ2) is 5.29. The standard InChI is InChI=1S/C15H15N3O2S/c1-3-13-17-8-10(21-13)7-16-9-4-5-11-12(6-9)15(20)18(2)14(11)19/h4-6,8,16H,3,7H2,1-2H3. The number of thiazole rings is 1. The summed E-state index contributed by atoms with van der Waals surface area (Å²) in [5, 5.41) is 4.38. The van der Waals surface area contributed by atoms with E-state index < -0.39 is 0 Å². The third kappa shape index (κ3) is 2.42. The van der Waals surface area contributed by atoms with Crippen LogP contribution >= 0.6 is 11.3 Å². The van der Waals surface area contributed by atoms with Crippen LogP contribution in [0.25, 0.3) is 0 Å². The zero-order valence-corrected chi connectivity index (χ0v) is 12.7. The maximum atomic E-state index is 11.9. The first-order chi connectivity index (χ1) is 10.1. The Hall–Kier alpha value is -2.21. The van der Waals surface area contributed by atoms with Crippen molar-refractivity contribution in [2.45, 2.75) is 19.9 Å². The molecule has 6 heteroatoms. The second-order valence-electron chi connectivity index (χ2n) is 4.86. The first-order valence-electron chi connectivity index (χ1n) is 6.74. The zero-order chi connectivity index (χ0) is 15.0. The summed E-state index contributed by atoms with van der Waals surface area (Å²) in [5.41, 5.74) is 1.77. The quantitative estimate of drug-likeness (QED) is 0.882.